The lowest BCUT2D eigenvalue weighted by Gasteiger charge is -2.11. The van der Waals surface area contributed by atoms with Crippen LogP contribution in [0.1, 0.15) is 16.7 Å². The largest absolute Gasteiger partial charge is 0.264 e. The fourth-order valence-electron chi connectivity index (χ4n) is 1.77. The van der Waals surface area contributed by atoms with Gasteiger partial charge in [-0.1, -0.05) is 15.9 Å². The maximum Gasteiger partial charge on any atom is 0.242 e. The molecule has 1 N–H and O–H groups in total. The molecule has 21 heavy (non-hydrogen) atoms. The Morgan fingerprint density at radius 2 is 1.86 bits per heavy atom. The molecule has 0 saturated carbocycles. The number of halogens is 2. The third-order valence-electron chi connectivity index (χ3n) is 3.10. The van der Waals surface area contributed by atoms with E-state index in [2.05, 4.69) is 41.6 Å². The number of aromatic nitrogens is 1. The van der Waals surface area contributed by atoms with Crippen molar-refractivity contribution in [1.82, 2.24) is 9.71 Å². The molecule has 0 aliphatic carbocycles. The molecule has 0 spiro atoms. The van der Waals surface area contributed by atoms with Crippen LogP contribution in [0.15, 0.2) is 44.4 Å². The second-order valence-corrected chi connectivity index (χ2v) is 8.10. The van der Waals surface area contributed by atoms with E-state index in [-0.39, 0.29) is 11.4 Å². The predicted molar refractivity (Wildman–Crippen MR) is 89.6 cm³/mol. The molecule has 1 heterocycles. The summed E-state index contributed by atoms with van der Waals surface area (Å²) in [5, 5.41) is 0. The number of nitrogens with zero attached hydrogens (tertiary/aromatic N) is 1. The lowest BCUT2D eigenvalue weighted by atomic mass is 10.2. The Balaban J connectivity index is 2.27. The molecule has 2 rings (SSSR count). The van der Waals surface area contributed by atoms with Crippen molar-refractivity contribution >= 4 is 41.9 Å². The number of pyridine rings is 1. The van der Waals surface area contributed by atoms with Crippen LogP contribution in [0, 0.1) is 13.8 Å². The van der Waals surface area contributed by atoms with Crippen molar-refractivity contribution in [2.75, 3.05) is 0 Å². The van der Waals surface area contributed by atoms with Crippen LogP contribution >= 0.6 is 31.9 Å². The average molecular weight is 434 g/mol. The van der Waals surface area contributed by atoms with Gasteiger partial charge in [0.15, 0.2) is 0 Å². The molecule has 0 saturated heterocycles. The van der Waals surface area contributed by atoms with E-state index in [1.807, 2.05) is 19.9 Å². The van der Waals surface area contributed by atoms with Crippen LogP contribution in [-0.4, -0.2) is 13.4 Å². The molecule has 4 nitrogen and oxygen atoms in total. The summed E-state index contributed by atoms with van der Waals surface area (Å²) in [5.74, 6) is 0. The first-order valence-electron chi connectivity index (χ1n) is 6.16. The zero-order valence-corrected chi connectivity index (χ0v) is 15.5. The maximum atomic E-state index is 12.4. The predicted octanol–water partition coefficient (Wildman–Crippen LogP) is 3.70. The second-order valence-electron chi connectivity index (χ2n) is 4.66. The van der Waals surface area contributed by atoms with E-state index < -0.39 is 10.0 Å². The van der Waals surface area contributed by atoms with Gasteiger partial charge in [-0.15, -0.1) is 0 Å². The van der Waals surface area contributed by atoms with E-state index in [0.29, 0.717) is 4.47 Å². The zero-order valence-electron chi connectivity index (χ0n) is 11.5. The topological polar surface area (TPSA) is 59.1 Å². The van der Waals surface area contributed by atoms with Gasteiger partial charge in [0.05, 0.1) is 4.90 Å². The van der Waals surface area contributed by atoms with Gasteiger partial charge in [-0.05, 0) is 64.7 Å². The van der Waals surface area contributed by atoms with Crippen LogP contribution in [0.3, 0.4) is 0 Å². The summed E-state index contributed by atoms with van der Waals surface area (Å²) >= 11 is 6.66. The van der Waals surface area contributed by atoms with Gasteiger partial charge in [-0.25, -0.2) is 13.1 Å². The highest BCUT2D eigenvalue weighted by molar-refractivity contribution is 9.11. The minimum atomic E-state index is -3.60. The molecule has 0 amide bonds. The molecule has 0 aliphatic heterocycles. The molecule has 0 radical (unpaired) electrons. The summed E-state index contributed by atoms with van der Waals surface area (Å²) in [6, 6.07) is 5.22. The van der Waals surface area contributed by atoms with Crippen molar-refractivity contribution in [2.45, 2.75) is 25.3 Å². The lowest BCUT2D eigenvalue weighted by molar-refractivity contribution is 0.580. The van der Waals surface area contributed by atoms with Gasteiger partial charge in [-0.3, -0.25) is 4.98 Å². The van der Waals surface area contributed by atoms with Crippen molar-refractivity contribution in [3.63, 3.8) is 0 Å². The van der Waals surface area contributed by atoms with Gasteiger partial charge in [-0.2, -0.15) is 0 Å². The van der Waals surface area contributed by atoms with Gasteiger partial charge in [0.1, 0.15) is 0 Å². The molecule has 2 aromatic rings. The minimum absolute atomic E-state index is 0.208. The highest BCUT2D eigenvalue weighted by atomic mass is 79.9. The molecule has 112 valence electrons. The summed E-state index contributed by atoms with van der Waals surface area (Å²) in [4.78, 5) is 4.22. The first kappa shape index (κ1) is 16.6. The Kier molecular flexibility index (Phi) is 5.19. The molecule has 0 aliphatic rings. The average Bonchev–Trinajstić information content (AvgIpc) is 2.42. The maximum absolute atomic E-state index is 12.4. The van der Waals surface area contributed by atoms with Gasteiger partial charge in [0.25, 0.3) is 0 Å². The molecular weight excluding hydrogens is 420 g/mol. The quantitative estimate of drug-likeness (QED) is 0.799. The van der Waals surface area contributed by atoms with Crippen LogP contribution < -0.4 is 4.72 Å². The summed E-state index contributed by atoms with van der Waals surface area (Å²) in [6.07, 6.45) is 3.35. The van der Waals surface area contributed by atoms with E-state index in [9.17, 15) is 8.42 Å². The Labute approximate surface area is 141 Å². The van der Waals surface area contributed by atoms with Gasteiger partial charge in [0.2, 0.25) is 10.0 Å². The number of rotatable bonds is 4. The third kappa shape index (κ3) is 3.91. The zero-order chi connectivity index (χ0) is 15.6. The Bertz CT molecular complexity index is 777. The first-order chi connectivity index (χ1) is 9.81. The lowest BCUT2D eigenvalue weighted by Crippen LogP contribution is -2.24. The van der Waals surface area contributed by atoms with Crippen molar-refractivity contribution in [3.05, 3.63) is 56.2 Å². The van der Waals surface area contributed by atoms with Crippen LogP contribution in [0.25, 0.3) is 0 Å². The van der Waals surface area contributed by atoms with Gasteiger partial charge in [0, 0.05) is 27.9 Å². The van der Waals surface area contributed by atoms with Crippen LogP contribution in [0.5, 0.6) is 0 Å². The number of sulfonamides is 1. The SMILES string of the molecule is Cc1cc(Br)c(S(=O)(=O)NCc2cnccc2C)cc1Br. The number of nitrogens with one attached hydrogen (secondary N) is 1. The minimum Gasteiger partial charge on any atom is -0.264 e. The Hall–Kier alpha value is -0.760. The molecule has 1 aromatic carbocycles. The fourth-order valence-corrected chi connectivity index (χ4v) is 4.45. The van der Waals surface area contributed by atoms with E-state index in [0.717, 1.165) is 21.2 Å². The summed E-state index contributed by atoms with van der Waals surface area (Å²) < 4.78 is 28.7. The molecule has 0 bridgehead atoms. The van der Waals surface area contributed by atoms with E-state index >= 15 is 0 Å². The van der Waals surface area contributed by atoms with Crippen LogP contribution in [-0.2, 0) is 16.6 Å². The highest BCUT2D eigenvalue weighted by Crippen LogP contribution is 2.28. The Morgan fingerprint density at radius 3 is 2.52 bits per heavy atom. The van der Waals surface area contributed by atoms with Crippen molar-refractivity contribution in [1.29, 1.82) is 0 Å². The Morgan fingerprint density at radius 1 is 1.14 bits per heavy atom. The summed E-state index contributed by atoms with van der Waals surface area (Å²) in [6.45, 7) is 4.03. The molecular formula is C14H14Br2N2O2S. The van der Waals surface area contributed by atoms with Crippen molar-refractivity contribution < 1.29 is 8.42 Å². The summed E-state index contributed by atoms with van der Waals surface area (Å²) in [5.41, 5.74) is 2.81. The molecule has 0 fully saturated rings. The van der Waals surface area contributed by atoms with E-state index in [1.165, 1.54) is 0 Å². The summed E-state index contributed by atoms with van der Waals surface area (Å²) in [7, 11) is -3.60. The van der Waals surface area contributed by atoms with Crippen LogP contribution in [0.2, 0.25) is 0 Å². The standard InChI is InChI=1S/C14H14Br2N2O2S/c1-9-3-4-17-7-11(9)8-18-21(19,20)14-6-12(15)10(2)5-13(14)16/h3-7,18H,8H2,1-2H3. The highest BCUT2D eigenvalue weighted by Gasteiger charge is 2.19. The number of hydrogen-bond donors (Lipinski definition) is 1. The molecule has 0 unspecified atom stereocenters. The smallest absolute Gasteiger partial charge is 0.242 e. The number of aryl methyl sites for hydroxylation is 2. The van der Waals surface area contributed by atoms with E-state index in [4.69, 9.17) is 0 Å². The molecule has 0 atom stereocenters. The van der Waals surface area contributed by atoms with Gasteiger partial charge >= 0.3 is 0 Å². The van der Waals surface area contributed by atoms with Crippen molar-refractivity contribution in [2.24, 2.45) is 0 Å². The monoisotopic (exact) mass is 432 g/mol. The fraction of sp³-hybridized carbons (Fsp3) is 0.214. The number of hydrogen-bond acceptors (Lipinski definition) is 3. The third-order valence-corrected chi connectivity index (χ3v) is 6.32. The number of benzene rings is 1. The van der Waals surface area contributed by atoms with Crippen LogP contribution in [0.4, 0.5) is 0 Å². The van der Waals surface area contributed by atoms with Gasteiger partial charge < -0.3 is 0 Å². The molecule has 1 aromatic heterocycles. The van der Waals surface area contributed by atoms with Crippen molar-refractivity contribution in [3.8, 4) is 0 Å². The first-order valence-corrected chi connectivity index (χ1v) is 9.23. The van der Waals surface area contributed by atoms with E-state index in [1.54, 1.807) is 24.5 Å². The second kappa shape index (κ2) is 6.56. The molecule has 7 heteroatoms. The normalized spacial score (nSPS) is 11.6.